The summed E-state index contributed by atoms with van der Waals surface area (Å²) in [4.78, 5) is 25.6. The normalized spacial score (nSPS) is 33.2. The summed E-state index contributed by atoms with van der Waals surface area (Å²) in [6.07, 6.45) is 15.5. The predicted molar refractivity (Wildman–Crippen MR) is 172 cm³/mol. The number of nitrogens with one attached hydrogen (secondary N) is 1. The van der Waals surface area contributed by atoms with Crippen LogP contribution in [0.4, 0.5) is 0 Å². The first-order chi connectivity index (χ1) is 20.6. The van der Waals surface area contributed by atoms with E-state index < -0.39 is 30.3 Å². The highest BCUT2D eigenvalue weighted by atomic mass is 16.5. The lowest BCUT2D eigenvalue weighted by Crippen LogP contribution is -2.43. The Morgan fingerprint density at radius 2 is 1.60 bits per heavy atom. The van der Waals surface area contributed by atoms with Crippen molar-refractivity contribution in [3.63, 3.8) is 0 Å². The Morgan fingerprint density at radius 1 is 0.930 bits per heavy atom. The first-order valence-electron chi connectivity index (χ1n) is 17.0. The van der Waals surface area contributed by atoms with Crippen molar-refractivity contribution in [2.24, 2.45) is 17.8 Å². The van der Waals surface area contributed by atoms with Crippen molar-refractivity contribution in [1.29, 1.82) is 0 Å². The van der Waals surface area contributed by atoms with Gasteiger partial charge in [0.1, 0.15) is 0 Å². The van der Waals surface area contributed by atoms with Gasteiger partial charge in [-0.05, 0) is 55.9 Å². The highest BCUT2D eigenvalue weighted by Crippen LogP contribution is 2.22. The number of aliphatic hydroxyl groups excluding tert-OH is 3. The van der Waals surface area contributed by atoms with Gasteiger partial charge in [-0.3, -0.25) is 9.59 Å². The van der Waals surface area contributed by atoms with E-state index in [0.717, 1.165) is 31.3 Å². The first kappa shape index (κ1) is 39.3. The number of rotatable bonds is 5. The molecule has 0 aromatic rings. The van der Waals surface area contributed by atoms with Crippen LogP contribution in [0.2, 0.25) is 0 Å². The van der Waals surface area contributed by atoms with Crippen LogP contribution < -0.4 is 5.32 Å². The van der Waals surface area contributed by atoms with Crippen molar-refractivity contribution in [3.05, 3.63) is 23.8 Å². The summed E-state index contributed by atoms with van der Waals surface area (Å²) < 4.78 is 11.0. The molecule has 1 aliphatic rings. The molecule has 1 amide bonds. The molecule has 1 heterocycles. The number of methoxy groups -OCH3 is 1. The van der Waals surface area contributed by atoms with E-state index in [2.05, 4.69) is 31.3 Å². The molecule has 0 bridgehead atoms. The van der Waals surface area contributed by atoms with E-state index in [1.165, 1.54) is 38.5 Å². The summed E-state index contributed by atoms with van der Waals surface area (Å²) in [5, 5.41) is 34.2. The standard InChI is InChI=1S/C35H63NO7/c1-6-15-33-34(40)36-24-30(37)23-32(39)31(38)21-20-29(25-42-5)19-14-18-28(7-2)17-13-11-9-8-10-12-16-26(3)22-27(4)35(41)43-33/h14,18-19,26-28,30-33,37-39H,6-13,15-17,20-25H2,1-5H3,(H,36,40)/b18-14+,29-19-/t26-,27-,28?,30-,31+,32-,33-/m0/s1. The van der Waals surface area contributed by atoms with Crippen LogP contribution in [0, 0.1) is 17.8 Å². The van der Waals surface area contributed by atoms with Crippen molar-refractivity contribution in [3.8, 4) is 0 Å². The number of hydrogen-bond acceptors (Lipinski definition) is 7. The van der Waals surface area contributed by atoms with E-state index >= 15 is 0 Å². The van der Waals surface area contributed by atoms with E-state index in [9.17, 15) is 24.9 Å². The Hall–Kier alpha value is -1.74. The average Bonchev–Trinajstić information content (AvgIpc) is 2.97. The number of aliphatic hydroxyl groups is 3. The van der Waals surface area contributed by atoms with Gasteiger partial charge >= 0.3 is 5.97 Å². The van der Waals surface area contributed by atoms with Crippen molar-refractivity contribution in [2.45, 2.75) is 148 Å². The average molecular weight is 610 g/mol. The summed E-state index contributed by atoms with van der Waals surface area (Å²) >= 11 is 0. The Kier molecular flexibility index (Phi) is 21.6. The number of carbonyl (C=O) groups is 2. The Bertz CT molecular complexity index is 814. The maximum absolute atomic E-state index is 12.8. The molecular weight excluding hydrogens is 546 g/mol. The number of ether oxygens (including phenoxy) is 2. The quantitative estimate of drug-likeness (QED) is 0.281. The van der Waals surface area contributed by atoms with E-state index in [1.54, 1.807) is 7.11 Å². The van der Waals surface area contributed by atoms with Crippen LogP contribution in [0.15, 0.2) is 23.8 Å². The van der Waals surface area contributed by atoms with Crippen molar-refractivity contribution in [2.75, 3.05) is 20.3 Å². The molecule has 1 aliphatic heterocycles. The maximum Gasteiger partial charge on any atom is 0.309 e. The summed E-state index contributed by atoms with van der Waals surface area (Å²) in [5.74, 6) is -0.176. The fraction of sp³-hybridized carbons (Fsp3) is 0.829. The lowest BCUT2D eigenvalue weighted by Gasteiger charge is -2.23. The Balaban J connectivity index is 2.90. The van der Waals surface area contributed by atoms with Gasteiger partial charge in [0.2, 0.25) is 0 Å². The van der Waals surface area contributed by atoms with Gasteiger partial charge in [0, 0.05) is 20.1 Å². The highest BCUT2D eigenvalue weighted by Gasteiger charge is 2.27. The van der Waals surface area contributed by atoms with Crippen LogP contribution in [-0.2, 0) is 19.1 Å². The number of β-amino-alcohol motifs (C(OH)–C–C–N with tert-alkyl or cyclic N) is 1. The van der Waals surface area contributed by atoms with Gasteiger partial charge in [-0.25, -0.2) is 0 Å². The third kappa shape index (κ3) is 18.0. The van der Waals surface area contributed by atoms with Crippen LogP contribution >= 0.6 is 0 Å². The molecule has 8 nitrogen and oxygen atoms in total. The van der Waals surface area contributed by atoms with E-state index in [0.29, 0.717) is 44.1 Å². The van der Waals surface area contributed by atoms with Gasteiger partial charge in [-0.1, -0.05) is 97.3 Å². The zero-order valence-electron chi connectivity index (χ0n) is 27.8. The predicted octanol–water partition coefficient (Wildman–Crippen LogP) is 6.02. The molecule has 0 aromatic carbocycles. The van der Waals surface area contributed by atoms with Crippen molar-refractivity contribution in [1.82, 2.24) is 5.32 Å². The Morgan fingerprint density at radius 3 is 2.26 bits per heavy atom. The highest BCUT2D eigenvalue weighted by molar-refractivity contribution is 5.84. The first-order valence-corrected chi connectivity index (χ1v) is 17.0. The molecule has 0 fully saturated rings. The zero-order chi connectivity index (χ0) is 32.0. The molecule has 4 N–H and O–H groups in total. The van der Waals surface area contributed by atoms with Crippen molar-refractivity contribution < 1.29 is 34.4 Å². The number of allylic oxidation sites excluding steroid dienone is 3. The topological polar surface area (TPSA) is 125 Å². The molecule has 43 heavy (non-hydrogen) atoms. The molecule has 0 saturated carbocycles. The van der Waals surface area contributed by atoms with Gasteiger partial charge in [0.15, 0.2) is 6.10 Å². The van der Waals surface area contributed by atoms with Gasteiger partial charge in [0.25, 0.3) is 5.91 Å². The van der Waals surface area contributed by atoms with Gasteiger partial charge in [0.05, 0.1) is 30.8 Å². The third-order valence-electron chi connectivity index (χ3n) is 8.58. The van der Waals surface area contributed by atoms with Gasteiger partial charge < -0.3 is 30.1 Å². The Labute approximate surface area is 261 Å². The minimum Gasteiger partial charge on any atom is -0.452 e. The molecule has 0 radical (unpaired) electrons. The summed E-state index contributed by atoms with van der Waals surface area (Å²) in [6.45, 7) is 8.52. The molecule has 0 aliphatic carbocycles. The molecule has 1 unspecified atom stereocenters. The second kappa shape index (κ2) is 23.6. The van der Waals surface area contributed by atoms with Crippen LogP contribution in [0.5, 0.6) is 0 Å². The van der Waals surface area contributed by atoms with E-state index in [-0.39, 0.29) is 24.9 Å². The largest absolute Gasteiger partial charge is 0.452 e. The monoisotopic (exact) mass is 609 g/mol. The minimum atomic E-state index is -1.14. The molecule has 8 heteroatoms. The fourth-order valence-electron chi connectivity index (χ4n) is 5.74. The number of hydrogen-bond donors (Lipinski definition) is 4. The van der Waals surface area contributed by atoms with Crippen molar-refractivity contribution >= 4 is 11.9 Å². The molecule has 0 spiro atoms. The number of carbonyl (C=O) groups excluding carboxylic acids is 2. The minimum absolute atomic E-state index is 0.0873. The van der Waals surface area contributed by atoms with Gasteiger partial charge in [-0.2, -0.15) is 0 Å². The summed E-state index contributed by atoms with van der Waals surface area (Å²) in [5.41, 5.74) is 1.03. The fourth-order valence-corrected chi connectivity index (χ4v) is 5.74. The van der Waals surface area contributed by atoms with Crippen LogP contribution in [-0.4, -0.2) is 71.9 Å². The van der Waals surface area contributed by atoms with E-state index in [4.69, 9.17) is 9.47 Å². The molecule has 1 rings (SSSR count). The van der Waals surface area contributed by atoms with Crippen LogP contribution in [0.1, 0.15) is 124 Å². The lowest BCUT2D eigenvalue weighted by molar-refractivity contribution is -0.160. The zero-order valence-corrected chi connectivity index (χ0v) is 27.8. The van der Waals surface area contributed by atoms with Gasteiger partial charge in [-0.15, -0.1) is 0 Å². The lowest BCUT2D eigenvalue weighted by atomic mass is 9.92. The summed E-state index contributed by atoms with van der Waals surface area (Å²) in [6, 6.07) is 0. The summed E-state index contributed by atoms with van der Waals surface area (Å²) in [7, 11) is 1.64. The molecular formula is C35H63NO7. The van der Waals surface area contributed by atoms with Crippen LogP contribution in [0.3, 0.4) is 0 Å². The third-order valence-corrected chi connectivity index (χ3v) is 8.58. The molecule has 7 atom stereocenters. The molecule has 250 valence electrons. The molecule has 0 aromatic heterocycles. The smallest absolute Gasteiger partial charge is 0.309 e. The SMILES string of the molecule is CCC[C@@H]1OC(=O)[C@@H](C)C[C@@H](C)CCCCCCCCC(CC)/C=C/C=C(\COC)CC[C@@H](O)[C@@H](O)C[C@H](O)CNC1=O. The second-order valence-corrected chi connectivity index (χ2v) is 12.8. The number of esters is 1. The van der Waals surface area contributed by atoms with E-state index in [1.807, 2.05) is 19.9 Å². The number of amides is 1. The molecule has 0 saturated heterocycles. The maximum atomic E-state index is 12.8. The number of cyclic esters (lactones) is 1. The second-order valence-electron chi connectivity index (χ2n) is 12.8. The van der Waals surface area contributed by atoms with Crippen LogP contribution in [0.25, 0.3) is 0 Å².